The maximum atomic E-state index is 11.9. The fraction of sp³-hybridized carbons (Fsp3) is 0.929. The van der Waals surface area contributed by atoms with Gasteiger partial charge in [0.1, 0.15) is 0 Å². The van der Waals surface area contributed by atoms with E-state index in [-0.39, 0.29) is 10.7 Å². The van der Waals surface area contributed by atoms with Crippen LogP contribution in [0.15, 0.2) is 0 Å². The van der Waals surface area contributed by atoms with Gasteiger partial charge in [-0.1, -0.05) is 20.3 Å². The van der Waals surface area contributed by atoms with E-state index in [4.69, 9.17) is 11.6 Å². The molecule has 4 saturated carbocycles. The number of halogens is 1. The lowest BCUT2D eigenvalue weighted by molar-refractivity contribution is -0.165. The van der Waals surface area contributed by atoms with E-state index in [1.807, 2.05) is 0 Å². The van der Waals surface area contributed by atoms with Crippen LogP contribution in [0.5, 0.6) is 0 Å². The van der Waals surface area contributed by atoms with Crippen molar-refractivity contribution in [2.24, 2.45) is 22.2 Å². The number of carbonyl (C=O) groups is 1. The minimum Gasteiger partial charge on any atom is -0.281 e. The molecule has 4 atom stereocenters. The molecule has 0 saturated heterocycles. The Morgan fingerprint density at radius 3 is 2.56 bits per heavy atom. The molecule has 0 aromatic rings. The van der Waals surface area contributed by atoms with E-state index >= 15 is 0 Å². The summed E-state index contributed by atoms with van der Waals surface area (Å²) in [6, 6.07) is 0. The Bertz CT molecular complexity index is 353. The third kappa shape index (κ3) is 1.33. The Labute approximate surface area is 103 Å². The first-order valence-electron chi connectivity index (χ1n) is 6.61. The number of hydrogen-bond donors (Lipinski definition) is 0. The number of hydrogen-bond acceptors (Lipinski definition) is 1. The number of carbonyl (C=O) groups excluding carboxylic acids is 1. The van der Waals surface area contributed by atoms with E-state index in [0.29, 0.717) is 10.8 Å². The Hall–Kier alpha value is -0.0400. The molecule has 4 fully saturated rings. The summed E-state index contributed by atoms with van der Waals surface area (Å²) >= 11 is 5.94. The minimum absolute atomic E-state index is 0.0411. The molecule has 1 nitrogen and oxygen atoms in total. The van der Waals surface area contributed by atoms with Gasteiger partial charge in [0.25, 0.3) is 0 Å². The van der Waals surface area contributed by atoms with Crippen LogP contribution in [0, 0.1) is 22.2 Å². The van der Waals surface area contributed by atoms with Gasteiger partial charge in [-0.25, -0.2) is 0 Å². The summed E-state index contributed by atoms with van der Waals surface area (Å²) in [5.74, 6) is 0.767. The molecule has 0 aromatic carbocycles. The van der Waals surface area contributed by atoms with Crippen LogP contribution in [-0.4, -0.2) is 5.24 Å². The zero-order valence-corrected chi connectivity index (χ0v) is 11.1. The average Bonchev–Trinajstić information content (AvgIpc) is 2.13. The van der Waals surface area contributed by atoms with Crippen LogP contribution < -0.4 is 0 Å². The second kappa shape index (κ2) is 3.04. The molecule has 2 heteroatoms. The zero-order valence-electron chi connectivity index (χ0n) is 10.3. The average molecular weight is 241 g/mol. The van der Waals surface area contributed by atoms with Gasteiger partial charge in [-0.05, 0) is 66.9 Å². The summed E-state index contributed by atoms with van der Waals surface area (Å²) in [7, 11) is 0. The van der Waals surface area contributed by atoms with Gasteiger partial charge >= 0.3 is 0 Å². The summed E-state index contributed by atoms with van der Waals surface area (Å²) in [4.78, 5) is 11.9. The van der Waals surface area contributed by atoms with Crippen LogP contribution in [0.2, 0.25) is 0 Å². The van der Waals surface area contributed by atoms with Crippen LogP contribution in [0.3, 0.4) is 0 Å². The first kappa shape index (κ1) is 11.1. The molecule has 16 heavy (non-hydrogen) atoms. The lowest BCUT2D eigenvalue weighted by Crippen LogP contribution is -2.57. The highest BCUT2D eigenvalue weighted by Gasteiger charge is 2.63. The van der Waals surface area contributed by atoms with Gasteiger partial charge in [-0.2, -0.15) is 0 Å². The van der Waals surface area contributed by atoms with Crippen molar-refractivity contribution in [1.29, 1.82) is 0 Å². The van der Waals surface area contributed by atoms with Gasteiger partial charge in [0.05, 0.1) is 0 Å². The predicted molar refractivity (Wildman–Crippen MR) is 65.3 cm³/mol. The van der Waals surface area contributed by atoms with Crippen molar-refractivity contribution in [3.8, 4) is 0 Å². The van der Waals surface area contributed by atoms with Gasteiger partial charge in [0.2, 0.25) is 5.24 Å². The third-order valence-electron chi connectivity index (χ3n) is 5.63. The molecule has 4 aliphatic rings. The Kier molecular flexibility index (Phi) is 2.11. The van der Waals surface area contributed by atoms with Crippen molar-refractivity contribution >= 4 is 16.8 Å². The van der Waals surface area contributed by atoms with Crippen molar-refractivity contribution in [3.05, 3.63) is 0 Å². The minimum atomic E-state index is -0.147. The van der Waals surface area contributed by atoms with Crippen LogP contribution in [0.1, 0.15) is 58.8 Å². The van der Waals surface area contributed by atoms with Gasteiger partial charge in [0, 0.05) is 5.41 Å². The smallest absolute Gasteiger partial charge is 0.227 e. The molecule has 90 valence electrons. The molecule has 0 aliphatic heterocycles. The summed E-state index contributed by atoms with van der Waals surface area (Å²) < 4.78 is 0. The quantitative estimate of drug-likeness (QED) is 0.663. The van der Waals surface area contributed by atoms with E-state index < -0.39 is 0 Å². The summed E-state index contributed by atoms with van der Waals surface area (Å²) in [6.45, 7) is 4.68. The SMILES string of the molecule is CCC12CC3CC(C)(C1)CC(C(=O)Cl)(C3)C2. The van der Waals surface area contributed by atoms with E-state index in [0.717, 1.165) is 25.2 Å². The molecule has 0 spiro atoms. The summed E-state index contributed by atoms with van der Waals surface area (Å²) in [6.07, 6.45) is 8.45. The van der Waals surface area contributed by atoms with Gasteiger partial charge in [-0.15, -0.1) is 0 Å². The van der Waals surface area contributed by atoms with Crippen LogP contribution in [0.4, 0.5) is 0 Å². The van der Waals surface area contributed by atoms with Crippen LogP contribution >= 0.6 is 11.6 Å². The van der Waals surface area contributed by atoms with Crippen molar-refractivity contribution in [3.63, 3.8) is 0 Å². The monoisotopic (exact) mass is 240 g/mol. The Morgan fingerprint density at radius 2 is 2.00 bits per heavy atom. The topological polar surface area (TPSA) is 17.1 Å². The second-order valence-corrected chi connectivity index (χ2v) is 7.57. The van der Waals surface area contributed by atoms with Crippen molar-refractivity contribution in [2.75, 3.05) is 0 Å². The standard InChI is InChI=1S/C14H21ClO/c1-3-13-5-10-4-12(2,7-13)8-14(6-10,9-13)11(15)16/h10H,3-9H2,1-2H3. The summed E-state index contributed by atoms with van der Waals surface area (Å²) in [5, 5.41) is -0.0411. The van der Waals surface area contributed by atoms with E-state index in [2.05, 4.69) is 13.8 Å². The van der Waals surface area contributed by atoms with E-state index in [9.17, 15) is 4.79 Å². The molecule has 4 aliphatic carbocycles. The fourth-order valence-electron chi connectivity index (χ4n) is 5.75. The van der Waals surface area contributed by atoms with Crippen LogP contribution in [0.25, 0.3) is 0 Å². The normalized spacial score (nSPS) is 54.3. The van der Waals surface area contributed by atoms with Gasteiger partial charge in [-0.3, -0.25) is 4.79 Å². The molecule has 4 unspecified atom stereocenters. The molecule has 0 amide bonds. The lowest BCUT2D eigenvalue weighted by atomic mass is 9.40. The molecular weight excluding hydrogens is 220 g/mol. The first-order chi connectivity index (χ1) is 7.41. The summed E-state index contributed by atoms with van der Waals surface area (Å²) in [5.41, 5.74) is 0.699. The molecule has 4 rings (SSSR count). The lowest BCUT2D eigenvalue weighted by Gasteiger charge is -2.65. The van der Waals surface area contributed by atoms with Crippen LogP contribution in [-0.2, 0) is 4.79 Å². The van der Waals surface area contributed by atoms with E-state index in [1.54, 1.807) is 0 Å². The number of rotatable bonds is 2. The van der Waals surface area contributed by atoms with E-state index in [1.165, 1.54) is 25.7 Å². The first-order valence-corrected chi connectivity index (χ1v) is 6.99. The van der Waals surface area contributed by atoms with Crippen molar-refractivity contribution < 1.29 is 4.79 Å². The Morgan fingerprint density at radius 1 is 1.25 bits per heavy atom. The van der Waals surface area contributed by atoms with Gasteiger partial charge < -0.3 is 0 Å². The second-order valence-electron chi connectivity index (χ2n) is 7.23. The fourth-order valence-corrected chi connectivity index (χ4v) is 5.96. The molecule has 4 bridgehead atoms. The maximum absolute atomic E-state index is 11.9. The largest absolute Gasteiger partial charge is 0.281 e. The molecular formula is C14H21ClO. The Balaban J connectivity index is 2.04. The molecule has 0 N–H and O–H groups in total. The zero-order chi connectivity index (χ0) is 11.6. The molecule has 0 aromatic heterocycles. The van der Waals surface area contributed by atoms with Gasteiger partial charge in [0.15, 0.2) is 0 Å². The molecule has 0 heterocycles. The molecule has 0 radical (unpaired) electrons. The maximum Gasteiger partial charge on any atom is 0.227 e. The van der Waals surface area contributed by atoms with Crippen molar-refractivity contribution in [2.45, 2.75) is 58.8 Å². The highest BCUT2D eigenvalue weighted by Crippen LogP contribution is 2.70. The third-order valence-corrected chi connectivity index (χ3v) is 6.03. The highest BCUT2D eigenvalue weighted by molar-refractivity contribution is 6.64. The highest BCUT2D eigenvalue weighted by atomic mass is 35.5. The van der Waals surface area contributed by atoms with Crippen molar-refractivity contribution in [1.82, 2.24) is 0 Å². The predicted octanol–water partition coefficient (Wildman–Crippen LogP) is 4.14.